The number of nitrogens with one attached hydrogen (secondary N) is 1. The first-order valence-corrected chi connectivity index (χ1v) is 6.69. The second-order valence-electron chi connectivity index (χ2n) is 5.19. The number of rotatable bonds is 6. The summed E-state index contributed by atoms with van der Waals surface area (Å²) in [6.45, 7) is 3.42. The average molecular weight is 263 g/mol. The molecule has 0 heterocycles. The van der Waals surface area contributed by atoms with Crippen LogP contribution in [0.15, 0.2) is 0 Å². The molecule has 0 spiro atoms. The maximum atomic E-state index is 11.6. The zero-order valence-corrected chi connectivity index (χ0v) is 11.7. The van der Waals surface area contributed by atoms with Crippen LogP contribution in [0, 0.1) is 11.8 Å². The summed E-state index contributed by atoms with van der Waals surface area (Å²) in [5.74, 6) is 1.39. The molecule has 0 aromatic rings. The van der Waals surface area contributed by atoms with Crippen molar-refractivity contribution in [3.63, 3.8) is 0 Å². The first-order chi connectivity index (χ1) is 7.72. The molecule has 1 saturated carbocycles. The van der Waals surface area contributed by atoms with E-state index in [0.717, 1.165) is 18.9 Å². The van der Waals surface area contributed by atoms with Gasteiger partial charge in [-0.3, -0.25) is 4.79 Å². The van der Waals surface area contributed by atoms with Crippen LogP contribution in [0.1, 0.15) is 51.9 Å². The number of carbonyl (C=O) groups excluding carboxylic acids is 1. The number of hydrogen-bond acceptors (Lipinski definition) is 2. The van der Waals surface area contributed by atoms with Crippen LogP contribution in [0.25, 0.3) is 0 Å². The highest BCUT2D eigenvalue weighted by atomic mass is 35.5. The van der Waals surface area contributed by atoms with Crippen molar-refractivity contribution in [1.29, 1.82) is 0 Å². The molecule has 0 saturated heterocycles. The van der Waals surface area contributed by atoms with E-state index >= 15 is 0 Å². The summed E-state index contributed by atoms with van der Waals surface area (Å²) in [6.07, 6.45) is 8.52. The topological polar surface area (TPSA) is 55.1 Å². The molecule has 0 aliphatic heterocycles. The number of hydrogen-bond donors (Lipinski definition) is 2. The highest BCUT2D eigenvalue weighted by Crippen LogP contribution is 2.27. The molecule has 3 nitrogen and oxygen atoms in total. The van der Waals surface area contributed by atoms with Crippen LogP contribution in [0.2, 0.25) is 0 Å². The summed E-state index contributed by atoms with van der Waals surface area (Å²) in [5.41, 5.74) is 5.50. The molecule has 102 valence electrons. The Balaban J connectivity index is 0.00000256. The Morgan fingerprint density at radius 1 is 1.35 bits per heavy atom. The Kier molecular flexibility index (Phi) is 9.56. The maximum absolute atomic E-state index is 11.6. The van der Waals surface area contributed by atoms with E-state index < -0.39 is 0 Å². The molecule has 1 rings (SSSR count). The predicted octanol–water partition coefficient (Wildman–Crippen LogP) is 2.48. The van der Waals surface area contributed by atoms with Crippen LogP contribution in [0.5, 0.6) is 0 Å². The molecule has 17 heavy (non-hydrogen) atoms. The largest absolute Gasteiger partial charge is 0.356 e. The SMILES string of the molecule is CC(CN)CNC(=O)CCC1CCCCC1.Cl. The molecule has 4 heteroatoms. The van der Waals surface area contributed by atoms with E-state index in [-0.39, 0.29) is 18.3 Å². The number of amides is 1. The van der Waals surface area contributed by atoms with Crippen molar-refractivity contribution in [2.24, 2.45) is 17.6 Å². The monoisotopic (exact) mass is 262 g/mol. The Bertz CT molecular complexity index is 206. The van der Waals surface area contributed by atoms with Crippen molar-refractivity contribution in [2.75, 3.05) is 13.1 Å². The van der Waals surface area contributed by atoms with E-state index in [1.807, 2.05) is 0 Å². The van der Waals surface area contributed by atoms with Gasteiger partial charge in [0, 0.05) is 13.0 Å². The molecule has 1 aliphatic carbocycles. The lowest BCUT2D eigenvalue weighted by Gasteiger charge is -2.21. The molecule has 1 amide bonds. The fourth-order valence-electron chi connectivity index (χ4n) is 2.27. The summed E-state index contributed by atoms with van der Waals surface area (Å²) in [4.78, 5) is 11.6. The first-order valence-electron chi connectivity index (χ1n) is 6.69. The van der Waals surface area contributed by atoms with Crippen LogP contribution in [0.3, 0.4) is 0 Å². The fraction of sp³-hybridized carbons (Fsp3) is 0.923. The van der Waals surface area contributed by atoms with Gasteiger partial charge in [-0.15, -0.1) is 12.4 Å². The average Bonchev–Trinajstić information content (AvgIpc) is 2.34. The van der Waals surface area contributed by atoms with Crippen molar-refractivity contribution >= 4 is 18.3 Å². The number of carbonyl (C=O) groups is 1. The summed E-state index contributed by atoms with van der Waals surface area (Å²) in [6, 6.07) is 0. The van der Waals surface area contributed by atoms with Gasteiger partial charge in [0.1, 0.15) is 0 Å². The van der Waals surface area contributed by atoms with Gasteiger partial charge >= 0.3 is 0 Å². The van der Waals surface area contributed by atoms with Gasteiger partial charge in [-0.2, -0.15) is 0 Å². The van der Waals surface area contributed by atoms with Crippen LogP contribution >= 0.6 is 12.4 Å². The Morgan fingerprint density at radius 3 is 2.59 bits per heavy atom. The minimum atomic E-state index is 0. The summed E-state index contributed by atoms with van der Waals surface area (Å²) in [7, 11) is 0. The van der Waals surface area contributed by atoms with Gasteiger partial charge in [0.05, 0.1) is 0 Å². The van der Waals surface area contributed by atoms with E-state index in [2.05, 4.69) is 12.2 Å². The molecule has 3 N–H and O–H groups in total. The summed E-state index contributed by atoms with van der Waals surface area (Å²) < 4.78 is 0. The molecule has 0 aromatic heterocycles. The van der Waals surface area contributed by atoms with E-state index in [1.54, 1.807) is 0 Å². The van der Waals surface area contributed by atoms with Crippen LogP contribution in [-0.2, 0) is 4.79 Å². The van der Waals surface area contributed by atoms with Crippen molar-refractivity contribution in [1.82, 2.24) is 5.32 Å². The third kappa shape index (κ3) is 7.61. The van der Waals surface area contributed by atoms with E-state index in [4.69, 9.17) is 5.73 Å². The summed E-state index contributed by atoms with van der Waals surface area (Å²) >= 11 is 0. The smallest absolute Gasteiger partial charge is 0.220 e. The van der Waals surface area contributed by atoms with Gasteiger partial charge in [-0.1, -0.05) is 39.0 Å². The maximum Gasteiger partial charge on any atom is 0.220 e. The molecule has 0 radical (unpaired) electrons. The van der Waals surface area contributed by atoms with Gasteiger partial charge in [0.15, 0.2) is 0 Å². The van der Waals surface area contributed by atoms with E-state index in [0.29, 0.717) is 18.9 Å². The Labute approximate surface area is 111 Å². The zero-order valence-electron chi connectivity index (χ0n) is 10.9. The Morgan fingerprint density at radius 2 is 2.00 bits per heavy atom. The predicted molar refractivity (Wildman–Crippen MR) is 74.3 cm³/mol. The quantitative estimate of drug-likeness (QED) is 0.773. The van der Waals surface area contributed by atoms with Crippen LogP contribution in [0.4, 0.5) is 0 Å². The highest BCUT2D eigenvalue weighted by Gasteiger charge is 2.14. The lowest BCUT2D eigenvalue weighted by atomic mass is 9.86. The molecule has 0 bridgehead atoms. The lowest BCUT2D eigenvalue weighted by Crippen LogP contribution is -2.31. The van der Waals surface area contributed by atoms with Gasteiger partial charge in [-0.05, 0) is 24.8 Å². The normalized spacial score (nSPS) is 18.2. The molecule has 1 atom stereocenters. The molecule has 0 aromatic carbocycles. The van der Waals surface area contributed by atoms with Crippen molar-refractivity contribution in [3.8, 4) is 0 Å². The van der Waals surface area contributed by atoms with Crippen LogP contribution in [-0.4, -0.2) is 19.0 Å². The number of nitrogens with two attached hydrogens (primary N) is 1. The molecular formula is C13H27ClN2O. The fourth-order valence-corrected chi connectivity index (χ4v) is 2.27. The van der Waals surface area contributed by atoms with E-state index in [9.17, 15) is 4.79 Å². The highest BCUT2D eigenvalue weighted by molar-refractivity contribution is 5.85. The van der Waals surface area contributed by atoms with Crippen molar-refractivity contribution in [2.45, 2.75) is 51.9 Å². The lowest BCUT2D eigenvalue weighted by molar-refractivity contribution is -0.121. The molecule has 1 unspecified atom stereocenters. The minimum absolute atomic E-state index is 0. The molecule has 1 fully saturated rings. The molecular weight excluding hydrogens is 236 g/mol. The number of halogens is 1. The van der Waals surface area contributed by atoms with Crippen molar-refractivity contribution in [3.05, 3.63) is 0 Å². The van der Waals surface area contributed by atoms with E-state index in [1.165, 1.54) is 32.1 Å². The standard InChI is InChI=1S/C13H26N2O.ClH/c1-11(9-14)10-15-13(16)8-7-12-5-3-2-4-6-12;/h11-12H,2-10,14H2,1H3,(H,15,16);1H. The van der Waals surface area contributed by atoms with Gasteiger partial charge in [-0.25, -0.2) is 0 Å². The van der Waals surface area contributed by atoms with Crippen LogP contribution < -0.4 is 11.1 Å². The zero-order chi connectivity index (χ0) is 11.8. The second kappa shape index (κ2) is 9.72. The molecule has 1 aliphatic rings. The van der Waals surface area contributed by atoms with Crippen molar-refractivity contribution < 1.29 is 4.79 Å². The Hall–Kier alpha value is -0.280. The van der Waals surface area contributed by atoms with Gasteiger partial charge in [0.25, 0.3) is 0 Å². The third-order valence-electron chi connectivity index (χ3n) is 3.55. The first kappa shape index (κ1) is 16.7. The van der Waals surface area contributed by atoms with Gasteiger partial charge < -0.3 is 11.1 Å². The summed E-state index contributed by atoms with van der Waals surface area (Å²) in [5, 5.41) is 2.95. The second-order valence-corrected chi connectivity index (χ2v) is 5.19. The minimum Gasteiger partial charge on any atom is -0.356 e. The third-order valence-corrected chi connectivity index (χ3v) is 3.55. The van der Waals surface area contributed by atoms with Gasteiger partial charge in [0.2, 0.25) is 5.91 Å².